The van der Waals surface area contributed by atoms with Crippen LogP contribution >= 0.6 is 0 Å². The average Bonchev–Trinajstić information content (AvgIpc) is 3.46. The number of hydrogen-bond acceptors (Lipinski definition) is 6. The van der Waals surface area contributed by atoms with Crippen molar-refractivity contribution in [3.63, 3.8) is 0 Å². The lowest BCUT2D eigenvalue weighted by atomic mass is 9.98. The molecule has 9 nitrogen and oxygen atoms in total. The molecular formula is C26H27N3O6. The van der Waals surface area contributed by atoms with Crippen molar-refractivity contribution in [2.75, 3.05) is 13.2 Å². The highest BCUT2D eigenvalue weighted by Crippen LogP contribution is 2.44. The lowest BCUT2D eigenvalue weighted by molar-refractivity contribution is -0.141. The number of carboxylic acids is 1. The highest BCUT2D eigenvalue weighted by Gasteiger charge is 2.29. The molecule has 0 saturated carbocycles. The zero-order valence-electron chi connectivity index (χ0n) is 19.3. The molecule has 0 bridgehead atoms. The molecule has 3 N–H and O–H groups in total. The summed E-state index contributed by atoms with van der Waals surface area (Å²) >= 11 is 0. The van der Waals surface area contributed by atoms with E-state index in [1.54, 1.807) is 6.92 Å². The van der Waals surface area contributed by atoms with Crippen molar-refractivity contribution in [1.29, 1.82) is 0 Å². The van der Waals surface area contributed by atoms with E-state index in [-0.39, 0.29) is 30.3 Å². The lowest BCUT2D eigenvalue weighted by Gasteiger charge is -2.14. The Bertz CT molecular complexity index is 1180. The van der Waals surface area contributed by atoms with Crippen LogP contribution < -0.4 is 10.6 Å². The zero-order chi connectivity index (χ0) is 24.8. The third-order valence-corrected chi connectivity index (χ3v) is 6.15. The summed E-state index contributed by atoms with van der Waals surface area (Å²) in [4.78, 5) is 35.7. The largest absolute Gasteiger partial charge is 0.481 e. The second-order valence-corrected chi connectivity index (χ2v) is 8.49. The molecule has 1 heterocycles. The molecule has 2 amide bonds. The molecule has 0 saturated heterocycles. The number of aliphatic carboxylic acids is 1. The maximum atomic E-state index is 12.4. The Balaban J connectivity index is 1.27. The number of nitrogens with zero attached hydrogens (tertiary/aromatic N) is 1. The second kappa shape index (κ2) is 10.9. The molecular weight excluding hydrogens is 450 g/mol. The van der Waals surface area contributed by atoms with Crippen molar-refractivity contribution in [3.05, 3.63) is 77.2 Å². The van der Waals surface area contributed by atoms with Crippen LogP contribution in [0.2, 0.25) is 0 Å². The van der Waals surface area contributed by atoms with E-state index in [0.29, 0.717) is 19.4 Å². The summed E-state index contributed by atoms with van der Waals surface area (Å²) in [7, 11) is 0. The maximum absolute atomic E-state index is 12.4. The van der Waals surface area contributed by atoms with Gasteiger partial charge in [0, 0.05) is 12.5 Å². The van der Waals surface area contributed by atoms with Crippen LogP contribution in [0.15, 0.2) is 59.3 Å². The summed E-state index contributed by atoms with van der Waals surface area (Å²) in [5.41, 5.74) is 5.01. The number of ether oxygens (including phenoxy) is 1. The third-order valence-electron chi connectivity index (χ3n) is 6.15. The van der Waals surface area contributed by atoms with Crippen molar-refractivity contribution in [1.82, 2.24) is 15.8 Å². The van der Waals surface area contributed by atoms with E-state index >= 15 is 0 Å². The number of rotatable bonds is 10. The van der Waals surface area contributed by atoms with Crippen LogP contribution in [0.4, 0.5) is 4.79 Å². The van der Waals surface area contributed by atoms with Crippen LogP contribution in [0.5, 0.6) is 0 Å². The summed E-state index contributed by atoms with van der Waals surface area (Å²) < 4.78 is 10.4. The summed E-state index contributed by atoms with van der Waals surface area (Å²) in [5, 5.41) is 18.0. The molecule has 1 aliphatic carbocycles. The van der Waals surface area contributed by atoms with Crippen molar-refractivity contribution in [3.8, 4) is 11.1 Å². The SMILES string of the molecule is CC(CCCNC(=O)c1conc1CNC(=O)OCC1c2ccccc2-c2ccccc21)C(=O)O. The molecule has 1 aromatic heterocycles. The molecule has 1 atom stereocenters. The van der Waals surface area contributed by atoms with E-state index in [4.69, 9.17) is 14.4 Å². The van der Waals surface area contributed by atoms with Crippen LogP contribution in [0.25, 0.3) is 11.1 Å². The van der Waals surface area contributed by atoms with Gasteiger partial charge in [0.15, 0.2) is 0 Å². The molecule has 0 radical (unpaired) electrons. The first kappa shape index (κ1) is 24.0. The number of amides is 2. The lowest BCUT2D eigenvalue weighted by Crippen LogP contribution is -2.29. The molecule has 0 fully saturated rings. The number of nitrogens with one attached hydrogen (secondary N) is 2. The fourth-order valence-corrected chi connectivity index (χ4v) is 4.21. The molecule has 1 aliphatic rings. The second-order valence-electron chi connectivity index (χ2n) is 8.49. The van der Waals surface area contributed by atoms with Crippen molar-refractivity contribution in [2.45, 2.75) is 32.2 Å². The fourth-order valence-electron chi connectivity index (χ4n) is 4.21. The predicted octanol–water partition coefficient (Wildman–Crippen LogP) is 3.94. The molecule has 4 rings (SSSR count). The summed E-state index contributed by atoms with van der Waals surface area (Å²) in [6.07, 6.45) is 1.57. The average molecular weight is 478 g/mol. The number of alkyl carbamates (subject to hydrolysis) is 1. The molecule has 3 aromatic rings. The van der Waals surface area contributed by atoms with Crippen molar-refractivity contribution < 1.29 is 28.8 Å². The molecule has 182 valence electrons. The highest BCUT2D eigenvalue weighted by atomic mass is 16.5. The van der Waals surface area contributed by atoms with E-state index in [2.05, 4.69) is 27.9 Å². The molecule has 35 heavy (non-hydrogen) atoms. The summed E-state index contributed by atoms with van der Waals surface area (Å²) in [6.45, 7) is 2.09. The number of fused-ring (bicyclic) bond motifs is 3. The molecule has 9 heteroatoms. The Morgan fingerprint density at radius 2 is 1.71 bits per heavy atom. The minimum atomic E-state index is -0.864. The first-order valence-corrected chi connectivity index (χ1v) is 11.5. The third kappa shape index (κ3) is 5.51. The van der Waals surface area contributed by atoms with Crippen LogP contribution in [0.3, 0.4) is 0 Å². The minimum Gasteiger partial charge on any atom is -0.481 e. The van der Waals surface area contributed by atoms with E-state index in [1.165, 1.54) is 6.26 Å². The van der Waals surface area contributed by atoms with Gasteiger partial charge < -0.3 is 25.0 Å². The Morgan fingerprint density at radius 3 is 2.37 bits per heavy atom. The predicted molar refractivity (Wildman–Crippen MR) is 127 cm³/mol. The minimum absolute atomic E-state index is 0.0357. The highest BCUT2D eigenvalue weighted by molar-refractivity contribution is 5.94. The monoisotopic (exact) mass is 477 g/mol. The van der Waals surface area contributed by atoms with Gasteiger partial charge in [-0.25, -0.2) is 4.79 Å². The molecule has 0 spiro atoms. The standard InChI is InChI=1S/C26H27N3O6/c1-16(25(31)32)7-6-12-27-24(30)22-15-35-29-23(22)13-28-26(33)34-14-21-19-10-4-2-8-17(19)18-9-3-5-11-20(18)21/h2-5,8-11,15-16,21H,6-7,12-14H2,1H3,(H,27,30)(H,28,33)(H,31,32). The number of benzene rings is 2. The van der Waals surface area contributed by atoms with Gasteiger partial charge in [-0.3, -0.25) is 9.59 Å². The molecule has 1 unspecified atom stereocenters. The first-order chi connectivity index (χ1) is 17.0. The van der Waals surface area contributed by atoms with Crippen LogP contribution in [-0.2, 0) is 16.1 Å². The van der Waals surface area contributed by atoms with Gasteiger partial charge >= 0.3 is 12.1 Å². The maximum Gasteiger partial charge on any atom is 0.407 e. The Labute approximate surface area is 202 Å². The quantitative estimate of drug-likeness (QED) is 0.377. The smallest absolute Gasteiger partial charge is 0.407 e. The van der Waals surface area contributed by atoms with Crippen LogP contribution in [-0.4, -0.2) is 41.4 Å². The van der Waals surface area contributed by atoms with E-state index in [9.17, 15) is 14.4 Å². The first-order valence-electron chi connectivity index (χ1n) is 11.5. The number of carboxylic acid groups (broad SMARTS) is 1. The summed E-state index contributed by atoms with van der Waals surface area (Å²) in [6, 6.07) is 16.2. The Hall–Kier alpha value is -4.14. The van der Waals surface area contributed by atoms with E-state index in [0.717, 1.165) is 22.3 Å². The van der Waals surface area contributed by atoms with Gasteiger partial charge in [0.1, 0.15) is 24.1 Å². The van der Waals surface area contributed by atoms with Gasteiger partial charge in [0.05, 0.1) is 12.5 Å². The molecule has 2 aromatic carbocycles. The van der Waals surface area contributed by atoms with E-state index in [1.807, 2.05) is 36.4 Å². The fraction of sp³-hybridized carbons (Fsp3) is 0.308. The van der Waals surface area contributed by atoms with Gasteiger partial charge in [-0.2, -0.15) is 0 Å². The van der Waals surface area contributed by atoms with Crippen molar-refractivity contribution in [2.24, 2.45) is 5.92 Å². The zero-order valence-corrected chi connectivity index (χ0v) is 19.3. The number of carbonyl (C=O) groups is 3. The normalized spacial score (nSPS) is 12.9. The van der Waals surface area contributed by atoms with Gasteiger partial charge in [-0.15, -0.1) is 0 Å². The van der Waals surface area contributed by atoms with Crippen molar-refractivity contribution >= 4 is 18.0 Å². The van der Waals surface area contributed by atoms with Gasteiger partial charge in [-0.05, 0) is 35.1 Å². The number of hydrogen-bond donors (Lipinski definition) is 3. The summed E-state index contributed by atoms with van der Waals surface area (Å²) in [5.74, 6) is -1.79. The van der Waals surface area contributed by atoms with Gasteiger partial charge in [-0.1, -0.05) is 60.6 Å². The van der Waals surface area contributed by atoms with Gasteiger partial charge in [0.2, 0.25) is 0 Å². The Morgan fingerprint density at radius 1 is 1.06 bits per heavy atom. The molecule has 0 aliphatic heterocycles. The van der Waals surface area contributed by atoms with Crippen LogP contribution in [0.1, 0.15) is 52.9 Å². The number of carbonyl (C=O) groups excluding carboxylic acids is 2. The Kier molecular flexibility index (Phi) is 7.45. The van der Waals surface area contributed by atoms with Crippen LogP contribution in [0, 0.1) is 5.92 Å². The van der Waals surface area contributed by atoms with Gasteiger partial charge in [0.25, 0.3) is 5.91 Å². The number of aromatic nitrogens is 1. The topological polar surface area (TPSA) is 131 Å². The van der Waals surface area contributed by atoms with E-state index < -0.39 is 23.9 Å².